The molecule has 1 saturated heterocycles. The summed E-state index contributed by atoms with van der Waals surface area (Å²) in [7, 11) is 0. The number of carbonyl (C=O) groups is 2. The maximum atomic E-state index is 13.3. The van der Waals surface area contributed by atoms with Gasteiger partial charge in [-0.1, -0.05) is 49.2 Å². The fourth-order valence-electron chi connectivity index (χ4n) is 6.00. The molecule has 1 saturated carbocycles. The summed E-state index contributed by atoms with van der Waals surface area (Å²) >= 11 is 0. The van der Waals surface area contributed by atoms with E-state index >= 15 is 0 Å². The molecule has 3 aromatic carbocycles. The number of phenols is 1. The largest absolute Gasteiger partial charge is 0.506 e. The second kappa shape index (κ2) is 11.4. The van der Waals surface area contributed by atoms with Crippen molar-refractivity contribution in [3.8, 4) is 11.5 Å². The Morgan fingerprint density at radius 2 is 1.68 bits per heavy atom. The number of carboxylic acid groups (broad SMARTS) is 1. The minimum absolute atomic E-state index is 0.0243. The Morgan fingerprint density at radius 3 is 2.34 bits per heavy atom. The van der Waals surface area contributed by atoms with Crippen LogP contribution in [0.2, 0.25) is 0 Å². The van der Waals surface area contributed by atoms with E-state index in [2.05, 4.69) is 0 Å². The maximum absolute atomic E-state index is 13.3. The van der Waals surface area contributed by atoms with Crippen LogP contribution in [-0.2, 0) is 11.2 Å². The van der Waals surface area contributed by atoms with E-state index in [4.69, 9.17) is 9.47 Å². The molecule has 6 N–H and O–H groups in total. The van der Waals surface area contributed by atoms with E-state index in [1.165, 1.54) is 6.07 Å². The number of aliphatic hydroxyl groups is 4. The fraction of sp³-hybridized carbons (Fsp3) is 0.419. The number of aromatic hydroxyl groups is 1. The van der Waals surface area contributed by atoms with Crippen LogP contribution < -0.4 is 4.74 Å². The van der Waals surface area contributed by atoms with Gasteiger partial charge in [0, 0.05) is 6.42 Å². The van der Waals surface area contributed by atoms with E-state index in [9.17, 15) is 40.2 Å². The van der Waals surface area contributed by atoms with Gasteiger partial charge in [0.2, 0.25) is 6.29 Å². The van der Waals surface area contributed by atoms with Gasteiger partial charge in [-0.2, -0.15) is 0 Å². The highest BCUT2D eigenvalue weighted by molar-refractivity contribution is 6.09. The molecule has 10 nitrogen and oxygen atoms in total. The van der Waals surface area contributed by atoms with Gasteiger partial charge in [0.25, 0.3) is 0 Å². The molecule has 41 heavy (non-hydrogen) atoms. The summed E-state index contributed by atoms with van der Waals surface area (Å²) in [6.45, 7) is 1.64. The predicted octanol–water partition coefficient (Wildman–Crippen LogP) is 2.86. The van der Waals surface area contributed by atoms with Crippen LogP contribution in [0.15, 0.2) is 48.5 Å². The van der Waals surface area contributed by atoms with Crippen LogP contribution in [0.3, 0.4) is 0 Å². The third kappa shape index (κ3) is 5.53. The first-order valence-corrected chi connectivity index (χ1v) is 13.7. The zero-order chi connectivity index (χ0) is 29.5. The third-order valence-electron chi connectivity index (χ3n) is 8.19. The topological polar surface area (TPSA) is 174 Å². The molecule has 2 aliphatic rings. The van der Waals surface area contributed by atoms with Crippen molar-refractivity contribution in [2.45, 2.75) is 81.8 Å². The van der Waals surface area contributed by atoms with Crippen LogP contribution in [-0.4, -0.2) is 78.7 Å². The lowest BCUT2D eigenvalue weighted by Crippen LogP contribution is -2.65. The first-order chi connectivity index (χ1) is 19.5. The molecule has 0 spiro atoms. The van der Waals surface area contributed by atoms with Gasteiger partial charge >= 0.3 is 5.97 Å². The molecule has 10 heteroatoms. The van der Waals surface area contributed by atoms with Gasteiger partial charge in [-0.3, -0.25) is 4.79 Å². The highest BCUT2D eigenvalue weighted by Crippen LogP contribution is 2.43. The summed E-state index contributed by atoms with van der Waals surface area (Å²) in [4.78, 5) is 25.2. The quantitative estimate of drug-likeness (QED) is 0.223. The molecule has 1 heterocycles. The Labute approximate surface area is 236 Å². The lowest BCUT2D eigenvalue weighted by molar-refractivity contribution is -0.303. The summed E-state index contributed by atoms with van der Waals surface area (Å²) in [5, 5.41) is 64.4. The number of hydrogen-bond acceptors (Lipinski definition) is 9. The first-order valence-electron chi connectivity index (χ1n) is 13.7. The monoisotopic (exact) mass is 566 g/mol. The maximum Gasteiger partial charge on any atom is 0.335 e. The number of phenolic OH excluding ortho intramolecular Hbond substituents is 1. The molecular weight excluding hydrogens is 532 g/mol. The number of hydrogen-bond donors (Lipinski definition) is 6. The van der Waals surface area contributed by atoms with Gasteiger partial charge in [-0.15, -0.1) is 0 Å². The van der Waals surface area contributed by atoms with E-state index < -0.39 is 48.0 Å². The van der Waals surface area contributed by atoms with E-state index in [0.717, 1.165) is 11.6 Å². The van der Waals surface area contributed by atoms with Crippen LogP contribution in [0, 0.1) is 6.92 Å². The number of carbonyl (C=O) groups excluding carboxylic acids is 1. The minimum Gasteiger partial charge on any atom is -0.506 e. The van der Waals surface area contributed by atoms with Gasteiger partial charge < -0.3 is 40.1 Å². The number of aliphatic hydroxyl groups excluding tert-OH is 3. The fourth-order valence-corrected chi connectivity index (χ4v) is 6.00. The average molecular weight is 567 g/mol. The lowest BCUT2D eigenvalue weighted by atomic mass is 9.85. The summed E-state index contributed by atoms with van der Waals surface area (Å²) in [5.74, 6) is -2.23. The highest BCUT2D eigenvalue weighted by atomic mass is 16.7. The van der Waals surface area contributed by atoms with Crippen LogP contribution in [0.1, 0.15) is 63.9 Å². The van der Waals surface area contributed by atoms with Gasteiger partial charge in [-0.25, -0.2) is 4.79 Å². The number of Topliss-reactive ketones (excluding diaryl/α,β-unsaturated/α-hetero) is 1. The molecule has 0 radical (unpaired) electrons. The Hall–Kier alpha value is -3.54. The summed E-state index contributed by atoms with van der Waals surface area (Å²) in [6.07, 6.45) is -5.45. The highest BCUT2D eigenvalue weighted by Gasteiger charge is 2.54. The number of aryl methyl sites for hydroxylation is 2. The minimum atomic E-state index is -1.77. The van der Waals surface area contributed by atoms with Crippen molar-refractivity contribution < 1.29 is 49.7 Å². The molecule has 5 rings (SSSR count). The molecule has 218 valence electrons. The number of carboxylic acids is 1. The van der Waals surface area contributed by atoms with Crippen molar-refractivity contribution in [2.24, 2.45) is 0 Å². The summed E-state index contributed by atoms with van der Waals surface area (Å²) < 4.78 is 11.7. The van der Waals surface area contributed by atoms with Gasteiger partial charge in [0.05, 0.1) is 22.1 Å². The van der Waals surface area contributed by atoms with Crippen molar-refractivity contribution in [2.75, 3.05) is 0 Å². The van der Waals surface area contributed by atoms with Crippen molar-refractivity contribution in [3.63, 3.8) is 0 Å². The number of fused-ring (bicyclic) bond motifs is 1. The van der Waals surface area contributed by atoms with Crippen LogP contribution in [0.4, 0.5) is 0 Å². The van der Waals surface area contributed by atoms with E-state index in [-0.39, 0.29) is 39.9 Å². The molecule has 0 aromatic heterocycles. The van der Waals surface area contributed by atoms with Gasteiger partial charge in [0.1, 0.15) is 35.9 Å². The predicted molar refractivity (Wildman–Crippen MR) is 147 cm³/mol. The zero-order valence-corrected chi connectivity index (χ0v) is 22.6. The van der Waals surface area contributed by atoms with Crippen molar-refractivity contribution in [1.29, 1.82) is 0 Å². The summed E-state index contributed by atoms with van der Waals surface area (Å²) in [6, 6.07) is 13.4. The SMILES string of the molecule is Cc1cc2cc(C(=O)O)cc(O[C@@H]3O[C@H](C4(O)CCCC4)[C@@H](O)[C@H](O)[C@H]3O)c2c(O)c1C(=O)CCc1ccccc1. The van der Waals surface area contributed by atoms with E-state index in [0.29, 0.717) is 37.7 Å². The molecule has 1 aliphatic heterocycles. The number of ether oxygens (including phenoxy) is 2. The molecule has 2 fully saturated rings. The van der Waals surface area contributed by atoms with Crippen molar-refractivity contribution in [3.05, 3.63) is 70.8 Å². The molecular formula is C31H34O10. The van der Waals surface area contributed by atoms with Crippen LogP contribution >= 0.6 is 0 Å². The molecule has 5 atom stereocenters. The molecule has 0 bridgehead atoms. The van der Waals surface area contributed by atoms with E-state index in [1.54, 1.807) is 13.0 Å². The van der Waals surface area contributed by atoms with Crippen molar-refractivity contribution >= 4 is 22.5 Å². The third-order valence-corrected chi connectivity index (χ3v) is 8.19. The van der Waals surface area contributed by atoms with Gasteiger partial charge in [-0.05, 0) is 54.8 Å². The Bertz CT molecular complexity index is 1450. The molecule has 1 aliphatic carbocycles. The first kappa shape index (κ1) is 29.0. The normalized spacial score (nSPS) is 25.7. The second-order valence-electron chi connectivity index (χ2n) is 11.0. The Morgan fingerprint density at radius 1 is 1.00 bits per heavy atom. The molecule has 0 unspecified atom stereocenters. The average Bonchev–Trinajstić information content (AvgIpc) is 3.39. The van der Waals surface area contributed by atoms with Gasteiger partial charge in [0.15, 0.2) is 5.78 Å². The lowest BCUT2D eigenvalue weighted by Gasteiger charge is -2.45. The Kier molecular flexibility index (Phi) is 8.04. The van der Waals surface area contributed by atoms with Crippen molar-refractivity contribution in [1.82, 2.24) is 0 Å². The number of aromatic carboxylic acids is 1. The molecule has 0 amide bonds. The van der Waals surface area contributed by atoms with Crippen LogP contribution in [0.5, 0.6) is 11.5 Å². The van der Waals surface area contributed by atoms with E-state index in [1.807, 2.05) is 30.3 Å². The smallest absolute Gasteiger partial charge is 0.335 e. The molecule has 3 aromatic rings. The zero-order valence-electron chi connectivity index (χ0n) is 22.6. The van der Waals surface area contributed by atoms with Crippen LogP contribution in [0.25, 0.3) is 10.8 Å². The number of rotatable bonds is 8. The standard InChI is InChI=1S/C31H34O10/c1-16-13-18-14-19(29(37)38)15-21(23(18)24(33)22(16)20(32)10-9-17-7-3-2-4-8-17)40-30-27(36)25(34)26(35)28(41-30)31(39)11-5-6-12-31/h2-4,7-8,13-15,25-28,30,33-36,39H,5-6,9-12H2,1H3,(H,37,38)/t25-,26-,27+,28-,30+/m0/s1. The number of ketones is 1. The summed E-state index contributed by atoms with van der Waals surface area (Å²) in [5.41, 5.74) is -0.189. The second-order valence-corrected chi connectivity index (χ2v) is 11.0. The Balaban J connectivity index is 1.53. The number of benzene rings is 3.